The van der Waals surface area contributed by atoms with E-state index in [1.165, 1.54) is 5.56 Å². The van der Waals surface area contributed by atoms with Crippen LogP contribution in [-0.2, 0) is 6.42 Å². The van der Waals surface area contributed by atoms with Crippen LogP contribution < -0.4 is 10.2 Å². The summed E-state index contributed by atoms with van der Waals surface area (Å²) < 4.78 is 0. The van der Waals surface area contributed by atoms with Gasteiger partial charge in [0.1, 0.15) is 0 Å². The molecule has 0 radical (unpaired) electrons. The summed E-state index contributed by atoms with van der Waals surface area (Å²) in [6.45, 7) is 8.36. The van der Waals surface area contributed by atoms with Crippen LogP contribution in [0.4, 0.5) is 10.5 Å². The van der Waals surface area contributed by atoms with Crippen LogP contribution in [0.3, 0.4) is 0 Å². The molecule has 1 aromatic carbocycles. The van der Waals surface area contributed by atoms with Crippen molar-refractivity contribution in [3.05, 3.63) is 29.8 Å². The van der Waals surface area contributed by atoms with Gasteiger partial charge in [-0.2, -0.15) is 0 Å². The molecule has 22 heavy (non-hydrogen) atoms. The normalized spacial score (nSPS) is 17.6. The van der Waals surface area contributed by atoms with Crippen LogP contribution in [-0.4, -0.2) is 43.2 Å². The van der Waals surface area contributed by atoms with E-state index in [4.69, 9.17) is 0 Å². The van der Waals surface area contributed by atoms with Crippen molar-refractivity contribution in [2.45, 2.75) is 52.1 Å². The van der Waals surface area contributed by atoms with Crippen LogP contribution in [0.15, 0.2) is 24.3 Å². The second-order valence-electron chi connectivity index (χ2n) is 6.64. The lowest BCUT2D eigenvalue weighted by Gasteiger charge is -2.36. The van der Waals surface area contributed by atoms with Crippen LogP contribution >= 0.6 is 0 Å². The van der Waals surface area contributed by atoms with E-state index < -0.39 is 0 Å². The Labute approximate surface area is 134 Å². The number of nitrogens with one attached hydrogen (secondary N) is 2. The predicted octanol–water partition coefficient (Wildman–Crippen LogP) is 2.17. The number of anilines is 1. The zero-order valence-electron chi connectivity index (χ0n) is 14.4. The summed E-state index contributed by atoms with van der Waals surface area (Å²) in [6.07, 6.45) is 3.20. The van der Waals surface area contributed by atoms with Crippen LogP contribution in [0.1, 0.15) is 39.2 Å². The number of hydrogen-bond acceptors (Lipinski definition) is 1. The number of carbonyl (C=O) groups excluding carboxylic acids is 1. The van der Waals surface area contributed by atoms with E-state index in [1.54, 1.807) is 4.90 Å². The van der Waals surface area contributed by atoms with Gasteiger partial charge in [-0.15, -0.1) is 0 Å². The van der Waals surface area contributed by atoms with E-state index >= 15 is 0 Å². The largest absolute Gasteiger partial charge is 0.333 e. The topological polar surface area (TPSA) is 36.8 Å². The second kappa shape index (κ2) is 7.63. The number of rotatable bonds is 4. The average Bonchev–Trinajstić information content (AvgIpc) is 2.55. The molecule has 1 heterocycles. The van der Waals surface area contributed by atoms with Crippen LogP contribution in [0, 0.1) is 0 Å². The molecule has 0 bridgehead atoms. The molecular weight excluding hydrogens is 274 g/mol. The summed E-state index contributed by atoms with van der Waals surface area (Å²) in [7, 11) is 2.26. The van der Waals surface area contributed by atoms with E-state index in [9.17, 15) is 4.79 Å². The van der Waals surface area contributed by atoms with Crippen molar-refractivity contribution in [1.29, 1.82) is 0 Å². The zero-order valence-corrected chi connectivity index (χ0v) is 14.4. The van der Waals surface area contributed by atoms with Gasteiger partial charge in [0.25, 0.3) is 0 Å². The molecule has 122 valence electrons. The molecule has 1 aromatic rings. The molecule has 0 saturated carbocycles. The zero-order chi connectivity index (χ0) is 16.1. The first-order chi connectivity index (χ1) is 10.5. The van der Waals surface area contributed by atoms with Gasteiger partial charge < -0.3 is 15.1 Å². The Morgan fingerprint density at radius 3 is 2.36 bits per heavy atom. The lowest BCUT2D eigenvalue weighted by molar-refractivity contribution is -0.928. The van der Waals surface area contributed by atoms with E-state index in [-0.39, 0.29) is 6.03 Å². The molecule has 0 spiro atoms. The Bertz CT molecular complexity index is 476. The van der Waals surface area contributed by atoms with Crippen LogP contribution in [0.5, 0.6) is 0 Å². The molecule has 0 aromatic heterocycles. The first-order valence-electron chi connectivity index (χ1n) is 8.49. The van der Waals surface area contributed by atoms with Gasteiger partial charge in [0, 0.05) is 31.6 Å². The van der Waals surface area contributed by atoms with E-state index in [0.717, 1.165) is 38.0 Å². The summed E-state index contributed by atoms with van der Waals surface area (Å²) in [5.74, 6) is 0. The summed E-state index contributed by atoms with van der Waals surface area (Å²) in [5.41, 5.74) is 2.17. The number of piperidine rings is 1. The highest BCUT2D eigenvalue weighted by molar-refractivity contribution is 5.89. The molecule has 4 nitrogen and oxygen atoms in total. The number of quaternary nitrogens is 1. The summed E-state index contributed by atoms with van der Waals surface area (Å²) in [4.78, 5) is 15.9. The lowest BCUT2D eigenvalue weighted by Crippen LogP contribution is -3.16. The Hall–Kier alpha value is -1.55. The van der Waals surface area contributed by atoms with Gasteiger partial charge in [-0.05, 0) is 38.0 Å². The predicted molar refractivity (Wildman–Crippen MR) is 91.5 cm³/mol. The summed E-state index contributed by atoms with van der Waals surface area (Å²) in [5, 5.41) is 3.01. The number of aryl methyl sites for hydroxylation is 1. The monoisotopic (exact) mass is 304 g/mol. The SMILES string of the molecule is CCc1ccc(NC(=O)N2CCC([NH+](C)C(C)C)CC2)cc1. The molecule has 1 atom stereocenters. The Morgan fingerprint density at radius 1 is 1.27 bits per heavy atom. The standard InChI is InChI=1S/C18H29N3O/c1-5-15-6-8-16(9-7-15)19-18(22)21-12-10-17(11-13-21)20(4)14(2)3/h6-9,14,17H,5,10-13H2,1-4H3,(H,19,22)/p+1. The maximum Gasteiger partial charge on any atom is 0.321 e. The van der Waals surface area contributed by atoms with Gasteiger partial charge >= 0.3 is 6.03 Å². The fourth-order valence-electron chi connectivity index (χ4n) is 3.04. The van der Waals surface area contributed by atoms with E-state index in [1.807, 2.05) is 17.0 Å². The van der Waals surface area contributed by atoms with E-state index in [0.29, 0.717) is 12.1 Å². The van der Waals surface area contributed by atoms with Crippen molar-refractivity contribution in [3.8, 4) is 0 Å². The molecule has 4 heteroatoms. The van der Waals surface area contributed by atoms with Crippen molar-refractivity contribution in [3.63, 3.8) is 0 Å². The third kappa shape index (κ3) is 4.23. The van der Waals surface area contributed by atoms with Crippen molar-refractivity contribution >= 4 is 11.7 Å². The number of amides is 2. The number of nitrogens with zero attached hydrogens (tertiary/aromatic N) is 1. The van der Waals surface area contributed by atoms with Crippen LogP contribution in [0.25, 0.3) is 0 Å². The Morgan fingerprint density at radius 2 is 1.86 bits per heavy atom. The molecule has 1 aliphatic rings. The average molecular weight is 304 g/mol. The van der Waals surface area contributed by atoms with Crippen molar-refractivity contribution in [1.82, 2.24) is 4.90 Å². The molecular formula is C18H30N3O+. The number of hydrogen-bond donors (Lipinski definition) is 2. The first kappa shape index (κ1) is 16.8. The fraction of sp³-hybridized carbons (Fsp3) is 0.611. The molecule has 2 N–H and O–H groups in total. The summed E-state index contributed by atoms with van der Waals surface area (Å²) in [6, 6.07) is 9.46. The highest BCUT2D eigenvalue weighted by Crippen LogP contribution is 2.13. The van der Waals surface area contributed by atoms with Gasteiger partial charge in [0.05, 0.1) is 19.1 Å². The van der Waals surface area contributed by atoms with Gasteiger partial charge in [-0.25, -0.2) is 4.79 Å². The molecule has 2 rings (SSSR count). The van der Waals surface area contributed by atoms with Crippen molar-refractivity contribution < 1.29 is 9.69 Å². The Balaban J connectivity index is 1.84. The number of carbonyl (C=O) groups is 1. The Kier molecular flexibility index (Phi) is 5.83. The van der Waals surface area contributed by atoms with Gasteiger partial charge in [-0.1, -0.05) is 19.1 Å². The first-order valence-corrected chi connectivity index (χ1v) is 8.49. The fourth-order valence-corrected chi connectivity index (χ4v) is 3.04. The molecule has 2 amide bonds. The van der Waals surface area contributed by atoms with Gasteiger partial charge in [0.15, 0.2) is 0 Å². The minimum Gasteiger partial charge on any atom is -0.333 e. The molecule has 1 aliphatic heterocycles. The third-order valence-corrected chi connectivity index (χ3v) is 4.95. The molecule has 1 unspecified atom stereocenters. The minimum atomic E-state index is 0.0323. The quantitative estimate of drug-likeness (QED) is 0.879. The lowest BCUT2D eigenvalue weighted by atomic mass is 10.0. The van der Waals surface area contributed by atoms with Crippen molar-refractivity contribution in [2.75, 3.05) is 25.5 Å². The number of benzene rings is 1. The molecule has 1 fully saturated rings. The van der Waals surface area contributed by atoms with Gasteiger partial charge in [-0.3, -0.25) is 0 Å². The third-order valence-electron chi connectivity index (χ3n) is 4.95. The number of likely N-dealkylation sites (tertiary alicyclic amines) is 1. The number of urea groups is 1. The van der Waals surface area contributed by atoms with Gasteiger partial charge in [0.2, 0.25) is 0 Å². The second-order valence-corrected chi connectivity index (χ2v) is 6.64. The maximum absolute atomic E-state index is 12.3. The van der Waals surface area contributed by atoms with Crippen LogP contribution in [0.2, 0.25) is 0 Å². The van der Waals surface area contributed by atoms with E-state index in [2.05, 4.69) is 45.3 Å². The van der Waals surface area contributed by atoms with Crippen molar-refractivity contribution in [2.24, 2.45) is 0 Å². The summed E-state index contributed by atoms with van der Waals surface area (Å²) >= 11 is 0. The smallest absolute Gasteiger partial charge is 0.321 e. The molecule has 0 aliphatic carbocycles. The maximum atomic E-state index is 12.3. The minimum absolute atomic E-state index is 0.0323. The molecule has 1 saturated heterocycles. The highest BCUT2D eigenvalue weighted by atomic mass is 16.2. The highest BCUT2D eigenvalue weighted by Gasteiger charge is 2.28.